The predicted octanol–water partition coefficient (Wildman–Crippen LogP) is 5.21. The molecule has 1 aliphatic heterocycles. The van der Waals surface area contributed by atoms with Gasteiger partial charge in [-0.2, -0.15) is 4.98 Å². The lowest BCUT2D eigenvalue weighted by molar-refractivity contribution is -0.139. The smallest absolute Gasteiger partial charge is 0.306 e. The first-order valence-electron chi connectivity index (χ1n) is 17.8. The Kier molecular flexibility index (Phi) is 11.8. The summed E-state index contributed by atoms with van der Waals surface area (Å²) < 4.78 is 11.9. The number of likely N-dealkylation sites (tertiary alicyclic amines) is 1. The van der Waals surface area contributed by atoms with Crippen LogP contribution in [-0.2, 0) is 24.3 Å². The molecule has 5 N–H and O–H groups in total. The third-order valence-electron chi connectivity index (χ3n) is 9.78. The average Bonchev–Trinajstić information content (AvgIpc) is 3.96. The molecule has 2 aromatic carbocycles. The number of tetrazole rings is 1. The Morgan fingerprint density at radius 2 is 1.93 bits per heavy atom. The average molecular weight is 789 g/mol. The van der Waals surface area contributed by atoms with Crippen molar-refractivity contribution in [3.8, 4) is 22.9 Å². The van der Waals surface area contributed by atoms with Gasteiger partial charge in [0.05, 0.1) is 30.2 Å². The summed E-state index contributed by atoms with van der Waals surface area (Å²) in [6.07, 6.45) is 2.35. The highest BCUT2D eigenvalue weighted by molar-refractivity contribution is 6.37. The maximum Gasteiger partial charge on any atom is 0.306 e. The molecule has 0 unspecified atom stereocenters. The van der Waals surface area contributed by atoms with E-state index in [4.69, 9.17) is 37.8 Å². The van der Waals surface area contributed by atoms with E-state index in [1.807, 2.05) is 36.4 Å². The molecule has 1 saturated heterocycles. The Morgan fingerprint density at radius 3 is 2.69 bits per heavy atom. The molecule has 3 atom stereocenters. The molecule has 7 rings (SSSR count). The molecule has 1 fully saturated rings. The van der Waals surface area contributed by atoms with Crippen LogP contribution in [0.15, 0.2) is 60.8 Å². The number of fused-ring (bicyclic) bond motifs is 1. The molecular formula is C38H39Cl2N9O6. The van der Waals surface area contributed by atoms with E-state index in [2.05, 4.69) is 46.1 Å². The van der Waals surface area contributed by atoms with Gasteiger partial charge in [-0.15, -0.1) is 5.10 Å². The van der Waals surface area contributed by atoms with Gasteiger partial charge in [-0.05, 0) is 76.7 Å². The SMILES string of the molecule is COc1nc(O[C@H]2CCc3c(-c4cccc(C(=O)Nc5ccc(CN6CC[C@@H](c7nnn[nH]7)C6)cn5)c4Cl)cccc32)c(Cl)cc1CNC[C@@H](O)CC(=O)O. The number of aromatic nitrogens is 6. The quantitative estimate of drug-likeness (QED) is 0.0928. The number of ether oxygens (including phenoxy) is 2. The summed E-state index contributed by atoms with van der Waals surface area (Å²) in [5.41, 5.74) is 5.62. The second-order valence-electron chi connectivity index (χ2n) is 13.5. The van der Waals surface area contributed by atoms with Crippen LogP contribution in [0.2, 0.25) is 10.0 Å². The Bertz CT molecular complexity index is 2160. The molecule has 0 bridgehead atoms. The van der Waals surface area contributed by atoms with Crippen molar-refractivity contribution in [2.45, 2.75) is 56.9 Å². The van der Waals surface area contributed by atoms with Crippen molar-refractivity contribution in [2.24, 2.45) is 0 Å². The molecule has 2 aliphatic rings. The molecule has 5 aromatic rings. The predicted molar refractivity (Wildman–Crippen MR) is 203 cm³/mol. The Balaban J connectivity index is 1.00. The molecule has 0 radical (unpaired) electrons. The number of hydrogen-bond acceptors (Lipinski definition) is 12. The van der Waals surface area contributed by atoms with Gasteiger partial charge in [-0.25, -0.2) is 10.1 Å². The number of benzene rings is 2. The van der Waals surface area contributed by atoms with E-state index < -0.39 is 12.1 Å². The molecule has 0 saturated carbocycles. The topological polar surface area (TPSA) is 201 Å². The van der Waals surface area contributed by atoms with Gasteiger partial charge >= 0.3 is 5.97 Å². The molecule has 15 nitrogen and oxygen atoms in total. The second kappa shape index (κ2) is 17.1. The molecule has 55 heavy (non-hydrogen) atoms. The number of methoxy groups -OCH3 is 1. The number of anilines is 1. The van der Waals surface area contributed by atoms with E-state index in [0.717, 1.165) is 59.7 Å². The molecule has 1 aliphatic carbocycles. The monoisotopic (exact) mass is 787 g/mol. The largest absolute Gasteiger partial charge is 0.481 e. The van der Waals surface area contributed by atoms with Gasteiger partial charge in [-0.3, -0.25) is 14.5 Å². The minimum Gasteiger partial charge on any atom is -0.481 e. The summed E-state index contributed by atoms with van der Waals surface area (Å²) in [5, 5.41) is 39.5. The summed E-state index contributed by atoms with van der Waals surface area (Å²) in [5.74, 6) is 0.551. The molecule has 1 amide bonds. The molecular weight excluding hydrogens is 749 g/mol. The minimum absolute atomic E-state index is 0.0703. The number of nitrogens with one attached hydrogen (secondary N) is 3. The number of aromatic amines is 1. The molecule has 4 heterocycles. The third-order valence-corrected chi connectivity index (χ3v) is 10.5. The Hall–Kier alpha value is -5.19. The van der Waals surface area contributed by atoms with Crippen LogP contribution in [0, 0.1) is 0 Å². The lowest BCUT2D eigenvalue weighted by atomic mass is 9.95. The van der Waals surface area contributed by atoms with Gasteiger partial charge in [0.15, 0.2) is 5.82 Å². The van der Waals surface area contributed by atoms with Crippen LogP contribution in [0.1, 0.15) is 69.7 Å². The number of aliphatic hydroxyl groups is 1. The first-order chi connectivity index (χ1) is 26.7. The number of hydrogen-bond donors (Lipinski definition) is 5. The van der Waals surface area contributed by atoms with E-state index in [1.54, 1.807) is 24.4 Å². The van der Waals surface area contributed by atoms with E-state index in [1.165, 1.54) is 7.11 Å². The number of carboxylic acids is 1. The van der Waals surface area contributed by atoms with Crippen molar-refractivity contribution >= 4 is 40.9 Å². The van der Waals surface area contributed by atoms with Crippen molar-refractivity contribution in [3.05, 3.63) is 104 Å². The fourth-order valence-corrected chi connectivity index (χ4v) is 7.67. The number of carbonyl (C=O) groups is 2. The van der Waals surface area contributed by atoms with Gasteiger partial charge in [0.25, 0.3) is 5.91 Å². The first kappa shape index (κ1) is 38.1. The number of carbonyl (C=O) groups excluding carboxylic acids is 1. The first-order valence-corrected chi connectivity index (χ1v) is 18.6. The highest BCUT2D eigenvalue weighted by Crippen LogP contribution is 2.43. The number of pyridine rings is 2. The van der Waals surface area contributed by atoms with Crippen LogP contribution in [-0.4, -0.2) is 90.4 Å². The molecule has 17 heteroatoms. The van der Waals surface area contributed by atoms with Crippen molar-refractivity contribution < 1.29 is 29.3 Å². The molecule has 0 spiro atoms. The van der Waals surface area contributed by atoms with Crippen LogP contribution in [0.25, 0.3) is 11.1 Å². The standard InChI is InChI=1S/C38H39Cl2N9O6/c1-54-37-23(17-41-18-24(50)15-33(51)52)14-30(39)38(44-37)55-31-10-9-26-25(4-2-5-27(26)31)28-6-3-7-29(34(28)40)36(53)43-32-11-8-21(16-42-32)19-49-13-12-22(20-49)35-45-47-48-46-35/h2-8,11,14,16,22,24,31,41,50H,9-10,12-13,15,17-20H2,1H3,(H,51,52)(H,42,43,53)(H,45,46,47,48)/t22-,24+,31+/m1/s1. The van der Waals surface area contributed by atoms with Crippen LogP contribution in [0.3, 0.4) is 0 Å². The van der Waals surface area contributed by atoms with Crippen LogP contribution >= 0.6 is 23.2 Å². The van der Waals surface area contributed by atoms with Crippen molar-refractivity contribution in [1.29, 1.82) is 0 Å². The third kappa shape index (κ3) is 8.87. The van der Waals surface area contributed by atoms with E-state index in [9.17, 15) is 14.7 Å². The minimum atomic E-state index is -1.08. The zero-order valence-corrected chi connectivity index (χ0v) is 31.3. The lowest BCUT2D eigenvalue weighted by Gasteiger charge is -2.18. The summed E-state index contributed by atoms with van der Waals surface area (Å²) in [6.45, 7) is 2.82. The maximum absolute atomic E-state index is 13.5. The molecule has 286 valence electrons. The number of halogens is 2. The summed E-state index contributed by atoms with van der Waals surface area (Å²) in [7, 11) is 1.48. The zero-order chi connectivity index (χ0) is 38.5. The van der Waals surface area contributed by atoms with Gasteiger partial charge in [0.1, 0.15) is 16.9 Å². The van der Waals surface area contributed by atoms with Crippen molar-refractivity contribution in [2.75, 3.05) is 32.1 Å². The van der Waals surface area contributed by atoms with E-state index in [-0.39, 0.29) is 54.2 Å². The number of aliphatic hydroxyl groups excluding tert-OH is 1. The normalized spacial score (nSPS) is 17.2. The number of amides is 1. The lowest BCUT2D eigenvalue weighted by Crippen LogP contribution is -2.28. The van der Waals surface area contributed by atoms with Gasteiger partial charge in [0, 0.05) is 49.4 Å². The van der Waals surface area contributed by atoms with Crippen molar-refractivity contribution in [1.82, 2.24) is 40.8 Å². The highest BCUT2D eigenvalue weighted by atomic mass is 35.5. The highest BCUT2D eigenvalue weighted by Gasteiger charge is 2.30. The van der Waals surface area contributed by atoms with Gasteiger partial charge in [-0.1, -0.05) is 59.6 Å². The van der Waals surface area contributed by atoms with Crippen LogP contribution < -0.4 is 20.1 Å². The summed E-state index contributed by atoms with van der Waals surface area (Å²) in [4.78, 5) is 35.7. The Labute approximate surface area is 326 Å². The zero-order valence-electron chi connectivity index (χ0n) is 29.8. The van der Waals surface area contributed by atoms with Gasteiger partial charge < -0.3 is 30.3 Å². The van der Waals surface area contributed by atoms with Crippen LogP contribution in [0.4, 0.5) is 5.82 Å². The van der Waals surface area contributed by atoms with Crippen molar-refractivity contribution in [3.63, 3.8) is 0 Å². The second-order valence-corrected chi connectivity index (χ2v) is 14.3. The van der Waals surface area contributed by atoms with Gasteiger partial charge in [0.2, 0.25) is 11.8 Å². The number of carboxylic acid groups (broad SMARTS) is 1. The fraction of sp³-hybridized carbons (Fsp3) is 0.342. The number of H-pyrrole nitrogens is 1. The Morgan fingerprint density at radius 1 is 1.09 bits per heavy atom. The fourth-order valence-electron chi connectivity index (χ4n) is 7.14. The summed E-state index contributed by atoms with van der Waals surface area (Å²) in [6, 6.07) is 16.7. The van der Waals surface area contributed by atoms with E-state index >= 15 is 0 Å². The number of rotatable bonds is 15. The summed E-state index contributed by atoms with van der Waals surface area (Å²) >= 11 is 13.6. The number of nitrogens with zero attached hydrogens (tertiary/aromatic N) is 6. The maximum atomic E-state index is 13.5. The van der Waals surface area contributed by atoms with E-state index in [0.29, 0.717) is 34.8 Å². The number of aliphatic carboxylic acids is 1. The van der Waals surface area contributed by atoms with Crippen LogP contribution in [0.5, 0.6) is 11.8 Å². The molecule has 3 aromatic heterocycles.